The van der Waals surface area contributed by atoms with Gasteiger partial charge in [0.25, 0.3) is 5.69 Å². The molecule has 1 N–H and O–H groups in total. The Hall–Kier alpha value is -2.76. The second kappa shape index (κ2) is 5.92. The van der Waals surface area contributed by atoms with Crippen LogP contribution in [0.5, 0.6) is 0 Å². The van der Waals surface area contributed by atoms with Gasteiger partial charge in [-0.1, -0.05) is 41.6 Å². The zero-order valence-corrected chi connectivity index (χ0v) is 10.4. The maximum Gasteiger partial charge on any atom is 0.272 e. The molecule has 0 aliphatic heterocycles. The van der Waals surface area contributed by atoms with Gasteiger partial charge < -0.3 is 5.21 Å². The van der Waals surface area contributed by atoms with Crippen LogP contribution in [0.25, 0.3) is 0 Å². The molecule has 0 atom stereocenters. The molecule has 2 aromatic carbocycles. The number of rotatable bonds is 4. The highest BCUT2D eigenvalue weighted by Gasteiger charge is 2.17. The Morgan fingerprint density at radius 2 is 1.85 bits per heavy atom. The van der Waals surface area contributed by atoms with E-state index in [9.17, 15) is 14.5 Å². The highest BCUT2D eigenvalue weighted by atomic mass is 19.1. The van der Waals surface area contributed by atoms with Gasteiger partial charge in [-0.05, 0) is 6.07 Å². The number of halogens is 1. The van der Waals surface area contributed by atoms with Crippen LogP contribution in [0.1, 0.15) is 11.1 Å². The third-order valence-corrected chi connectivity index (χ3v) is 2.85. The van der Waals surface area contributed by atoms with E-state index in [0.29, 0.717) is 5.56 Å². The van der Waals surface area contributed by atoms with Crippen molar-refractivity contribution in [1.82, 2.24) is 0 Å². The van der Waals surface area contributed by atoms with Crippen LogP contribution in [0.15, 0.2) is 53.7 Å². The number of hydrogen-bond acceptors (Lipinski definition) is 4. The maximum atomic E-state index is 13.7. The van der Waals surface area contributed by atoms with Crippen molar-refractivity contribution in [2.45, 2.75) is 6.42 Å². The Morgan fingerprint density at radius 1 is 1.20 bits per heavy atom. The molecule has 0 bridgehead atoms. The first-order chi connectivity index (χ1) is 9.63. The molecule has 20 heavy (non-hydrogen) atoms. The van der Waals surface area contributed by atoms with E-state index in [1.807, 2.05) is 0 Å². The molecule has 2 rings (SSSR count). The second-order valence-electron chi connectivity index (χ2n) is 4.09. The van der Waals surface area contributed by atoms with Gasteiger partial charge in [-0.3, -0.25) is 10.1 Å². The number of para-hydroxylation sites is 1. The zero-order chi connectivity index (χ0) is 14.5. The van der Waals surface area contributed by atoms with Crippen molar-refractivity contribution in [3.05, 3.63) is 75.6 Å². The molecule has 0 saturated carbocycles. The van der Waals surface area contributed by atoms with Gasteiger partial charge >= 0.3 is 0 Å². The first kappa shape index (κ1) is 13.7. The predicted octanol–water partition coefficient (Wildman–Crippen LogP) is 3.15. The van der Waals surface area contributed by atoms with Crippen LogP contribution >= 0.6 is 0 Å². The highest BCUT2D eigenvalue weighted by Crippen LogP contribution is 2.20. The van der Waals surface area contributed by atoms with Crippen LogP contribution in [0.2, 0.25) is 0 Å². The smallest absolute Gasteiger partial charge is 0.272 e. The van der Waals surface area contributed by atoms with Crippen LogP contribution in [-0.4, -0.2) is 15.8 Å². The SMILES string of the molecule is O=[N+]([O-])c1ccccc1C/C(=N/O)c1ccccc1F. The molecule has 0 radical (unpaired) electrons. The third-order valence-electron chi connectivity index (χ3n) is 2.85. The van der Waals surface area contributed by atoms with Gasteiger partial charge in [-0.25, -0.2) is 4.39 Å². The summed E-state index contributed by atoms with van der Waals surface area (Å²) in [6, 6.07) is 11.9. The first-order valence-corrected chi connectivity index (χ1v) is 5.81. The average molecular weight is 274 g/mol. The molecule has 102 valence electrons. The summed E-state index contributed by atoms with van der Waals surface area (Å²) in [6.45, 7) is 0. The lowest BCUT2D eigenvalue weighted by atomic mass is 10.0. The fourth-order valence-electron chi connectivity index (χ4n) is 1.90. The minimum Gasteiger partial charge on any atom is -0.411 e. The molecular formula is C14H11FN2O3. The van der Waals surface area contributed by atoms with Gasteiger partial charge in [0, 0.05) is 23.6 Å². The maximum absolute atomic E-state index is 13.7. The normalized spacial score (nSPS) is 11.3. The molecule has 0 saturated heterocycles. The standard InChI is InChI=1S/C14H11FN2O3/c15-12-7-3-2-6-11(12)13(16-18)9-10-5-1-4-8-14(10)17(19)20/h1-8,18H,9H2/b16-13-. The van der Waals surface area contributed by atoms with Crippen molar-refractivity contribution >= 4 is 11.4 Å². The molecule has 0 unspecified atom stereocenters. The number of nitro groups is 1. The fourth-order valence-corrected chi connectivity index (χ4v) is 1.90. The summed E-state index contributed by atoms with van der Waals surface area (Å²) in [5, 5.41) is 23.0. The largest absolute Gasteiger partial charge is 0.411 e. The van der Waals surface area contributed by atoms with E-state index in [0.717, 1.165) is 0 Å². The van der Waals surface area contributed by atoms with Gasteiger partial charge in [-0.2, -0.15) is 0 Å². The lowest BCUT2D eigenvalue weighted by Gasteiger charge is -2.06. The van der Waals surface area contributed by atoms with Crippen LogP contribution in [0.4, 0.5) is 10.1 Å². The lowest BCUT2D eigenvalue weighted by molar-refractivity contribution is -0.385. The van der Waals surface area contributed by atoms with Crippen LogP contribution in [0.3, 0.4) is 0 Å². The van der Waals surface area contributed by atoms with Crippen molar-refractivity contribution in [3.8, 4) is 0 Å². The van der Waals surface area contributed by atoms with E-state index < -0.39 is 10.7 Å². The molecule has 2 aromatic rings. The molecule has 6 heteroatoms. The lowest BCUT2D eigenvalue weighted by Crippen LogP contribution is -2.09. The van der Waals surface area contributed by atoms with Gasteiger partial charge in [0.05, 0.1) is 10.6 Å². The monoisotopic (exact) mass is 274 g/mol. The topological polar surface area (TPSA) is 75.7 Å². The predicted molar refractivity (Wildman–Crippen MR) is 71.5 cm³/mol. The highest BCUT2D eigenvalue weighted by molar-refractivity contribution is 6.02. The van der Waals surface area contributed by atoms with Gasteiger partial charge in [0.1, 0.15) is 5.82 Å². The molecule has 5 nitrogen and oxygen atoms in total. The summed E-state index contributed by atoms with van der Waals surface area (Å²) >= 11 is 0. The van der Waals surface area contributed by atoms with E-state index in [2.05, 4.69) is 5.16 Å². The summed E-state index contributed by atoms with van der Waals surface area (Å²) in [4.78, 5) is 10.4. The van der Waals surface area contributed by atoms with Crippen LogP contribution in [-0.2, 0) is 6.42 Å². The summed E-state index contributed by atoms with van der Waals surface area (Å²) in [5.74, 6) is -0.543. The van der Waals surface area contributed by atoms with Gasteiger partial charge in [0.2, 0.25) is 0 Å². The Bertz CT molecular complexity index is 671. The Balaban J connectivity index is 2.38. The van der Waals surface area contributed by atoms with Gasteiger partial charge in [-0.15, -0.1) is 0 Å². The summed E-state index contributed by atoms with van der Waals surface area (Å²) in [6.07, 6.45) is -0.0331. The average Bonchev–Trinajstić information content (AvgIpc) is 2.46. The number of oxime groups is 1. The number of nitro benzene ring substituents is 1. The zero-order valence-electron chi connectivity index (χ0n) is 10.4. The second-order valence-corrected chi connectivity index (χ2v) is 4.09. The summed E-state index contributed by atoms with van der Waals surface area (Å²) in [5.41, 5.74) is 0.420. The number of nitrogens with zero attached hydrogens (tertiary/aromatic N) is 2. The van der Waals surface area contributed by atoms with Crippen molar-refractivity contribution in [3.63, 3.8) is 0 Å². The van der Waals surface area contributed by atoms with Crippen molar-refractivity contribution in [2.75, 3.05) is 0 Å². The van der Waals surface area contributed by atoms with E-state index >= 15 is 0 Å². The molecule has 0 aliphatic carbocycles. The van der Waals surface area contributed by atoms with Crippen molar-refractivity contribution < 1.29 is 14.5 Å². The minimum atomic E-state index is -0.543. The first-order valence-electron chi connectivity index (χ1n) is 5.81. The van der Waals surface area contributed by atoms with Crippen LogP contribution in [0, 0.1) is 15.9 Å². The van der Waals surface area contributed by atoms with E-state index in [-0.39, 0.29) is 23.4 Å². The number of hydrogen-bond donors (Lipinski definition) is 1. The quantitative estimate of drug-likeness (QED) is 0.402. The Labute approximate surface area is 114 Å². The third kappa shape index (κ3) is 2.80. The molecule has 0 spiro atoms. The molecule has 0 aromatic heterocycles. The Morgan fingerprint density at radius 3 is 2.50 bits per heavy atom. The van der Waals surface area contributed by atoms with E-state index in [1.54, 1.807) is 24.3 Å². The molecule has 0 fully saturated rings. The number of benzene rings is 2. The van der Waals surface area contributed by atoms with E-state index in [1.165, 1.54) is 24.3 Å². The van der Waals surface area contributed by atoms with Crippen LogP contribution < -0.4 is 0 Å². The van der Waals surface area contributed by atoms with Crippen molar-refractivity contribution in [2.24, 2.45) is 5.16 Å². The summed E-state index contributed by atoms with van der Waals surface area (Å²) in [7, 11) is 0. The fraction of sp³-hybridized carbons (Fsp3) is 0.0714. The minimum absolute atomic E-state index is 0.0331. The van der Waals surface area contributed by atoms with E-state index in [4.69, 9.17) is 5.21 Å². The molecule has 0 aliphatic rings. The molecule has 0 amide bonds. The Kier molecular flexibility index (Phi) is 4.05. The molecule has 0 heterocycles. The van der Waals surface area contributed by atoms with Crippen molar-refractivity contribution in [1.29, 1.82) is 0 Å². The molecular weight excluding hydrogens is 263 g/mol. The van der Waals surface area contributed by atoms with Gasteiger partial charge in [0.15, 0.2) is 0 Å². The summed E-state index contributed by atoms with van der Waals surface area (Å²) < 4.78 is 13.7.